The number of H-pyrrole nitrogens is 2. The van der Waals surface area contributed by atoms with Gasteiger partial charge in [-0.3, -0.25) is 9.78 Å². The molecule has 1 aliphatic rings. The van der Waals surface area contributed by atoms with E-state index in [1.54, 1.807) is 35.5 Å². The summed E-state index contributed by atoms with van der Waals surface area (Å²) in [5.74, 6) is -0.269. The predicted octanol–water partition coefficient (Wildman–Crippen LogP) is 2.17. The molecule has 1 saturated heterocycles. The molecule has 1 aliphatic heterocycles. The molecular weight excluding hydrogens is 428 g/mol. The lowest BCUT2D eigenvalue weighted by Crippen LogP contribution is -2.41. The molecule has 0 aliphatic carbocycles. The summed E-state index contributed by atoms with van der Waals surface area (Å²) in [6.07, 6.45) is 3.81. The van der Waals surface area contributed by atoms with Gasteiger partial charge in [0.25, 0.3) is 10.0 Å². The number of fused-ring (bicyclic) bond motifs is 2. The van der Waals surface area contributed by atoms with E-state index >= 15 is 0 Å². The maximum atomic E-state index is 12.8. The van der Waals surface area contributed by atoms with Crippen molar-refractivity contribution < 1.29 is 13.2 Å². The Morgan fingerprint density at radius 2 is 2.07 bits per heavy atom. The number of aromatic nitrogens is 4. The predicted molar refractivity (Wildman–Crippen MR) is 111 cm³/mol. The first-order valence-electron chi connectivity index (χ1n) is 9.27. The number of aromatic amines is 2. The minimum Gasteiger partial charge on any atom is -0.356 e. The average molecular weight is 445 g/mol. The molecule has 0 spiro atoms. The van der Waals surface area contributed by atoms with Crippen molar-refractivity contribution in [1.29, 1.82) is 0 Å². The molecule has 1 amide bonds. The Labute approximate surface area is 176 Å². The van der Waals surface area contributed by atoms with Gasteiger partial charge in [0.15, 0.2) is 0 Å². The maximum Gasteiger partial charge on any atom is 0.275 e. The lowest BCUT2D eigenvalue weighted by atomic mass is 10.3. The number of hydrogen-bond acceptors (Lipinski definition) is 5. The number of likely N-dealkylation sites (tertiary alicyclic amines) is 1. The number of nitrogens with one attached hydrogen (secondary N) is 3. The van der Waals surface area contributed by atoms with Crippen molar-refractivity contribution in [3.05, 3.63) is 53.4 Å². The first-order chi connectivity index (χ1) is 14.4. The summed E-state index contributed by atoms with van der Waals surface area (Å²) in [5.41, 5.74) is 2.74. The first kappa shape index (κ1) is 19.0. The van der Waals surface area contributed by atoms with Crippen molar-refractivity contribution in [2.24, 2.45) is 0 Å². The second-order valence-corrected chi connectivity index (χ2v) is 9.25. The molecule has 0 radical (unpaired) electrons. The number of hydrogen-bond donors (Lipinski definition) is 3. The van der Waals surface area contributed by atoms with Crippen LogP contribution in [0.5, 0.6) is 0 Å². The van der Waals surface area contributed by atoms with E-state index < -0.39 is 16.1 Å². The molecule has 0 unspecified atom stereocenters. The van der Waals surface area contributed by atoms with Crippen LogP contribution in [0.25, 0.3) is 21.9 Å². The van der Waals surface area contributed by atoms with Crippen LogP contribution in [0.2, 0.25) is 5.02 Å². The summed E-state index contributed by atoms with van der Waals surface area (Å²) in [4.78, 5) is 28.6. The van der Waals surface area contributed by atoms with E-state index in [4.69, 9.17) is 11.6 Å². The van der Waals surface area contributed by atoms with Crippen molar-refractivity contribution in [2.45, 2.75) is 24.2 Å². The summed E-state index contributed by atoms with van der Waals surface area (Å²) in [6, 6.07) is 7.87. The Hall–Kier alpha value is -2.95. The number of benzene rings is 1. The fourth-order valence-electron chi connectivity index (χ4n) is 3.66. The SMILES string of the molecule is O=C1[C@@H](NS(=O)(=O)c2nc3ccc(Cl)cc3[nH]2)CCN1Cc1cc2ccncc2[nH]1. The average Bonchev–Trinajstić information content (AvgIpc) is 3.40. The largest absolute Gasteiger partial charge is 0.356 e. The van der Waals surface area contributed by atoms with Gasteiger partial charge in [-0.05, 0) is 36.8 Å². The van der Waals surface area contributed by atoms with Gasteiger partial charge in [0, 0.05) is 28.8 Å². The number of pyridine rings is 1. The van der Waals surface area contributed by atoms with Gasteiger partial charge in [-0.1, -0.05) is 11.6 Å². The zero-order valence-electron chi connectivity index (χ0n) is 15.6. The fourth-order valence-corrected chi connectivity index (χ4v) is 5.00. The van der Waals surface area contributed by atoms with E-state index in [0.717, 1.165) is 16.6 Å². The number of sulfonamides is 1. The second kappa shape index (κ2) is 7.08. The van der Waals surface area contributed by atoms with E-state index in [9.17, 15) is 13.2 Å². The van der Waals surface area contributed by atoms with Gasteiger partial charge in [-0.15, -0.1) is 0 Å². The molecule has 4 heterocycles. The molecular formula is C19H17ClN6O3S. The molecule has 9 nitrogen and oxygen atoms in total. The highest BCUT2D eigenvalue weighted by atomic mass is 35.5. The monoisotopic (exact) mass is 444 g/mol. The van der Waals surface area contributed by atoms with Crippen LogP contribution in [-0.4, -0.2) is 51.7 Å². The maximum absolute atomic E-state index is 12.8. The molecule has 0 bridgehead atoms. The van der Waals surface area contributed by atoms with Crippen molar-refractivity contribution in [3.8, 4) is 0 Å². The van der Waals surface area contributed by atoms with E-state index in [-0.39, 0.29) is 11.1 Å². The zero-order chi connectivity index (χ0) is 20.9. The Morgan fingerprint density at radius 3 is 2.90 bits per heavy atom. The van der Waals surface area contributed by atoms with Gasteiger partial charge in [-0.2, -0.15) is 4.72 Å². The van der Waals surface area contributed by atoms with Crippen molar-refractivity contribution in [3.63, 3.8) is 0 Å². The number of rotatable bonds is 5. The summed E-state index contributed by atoms with van der Waals surface area (Å²) in [7, 11) is -3.99. The van der Waals surface area contributed by atoms with Gasteiger partial charge in [0.1, 0.15) is 6.04 Å². The first-order valence-corrected chi connectivity index (χ1v) is 11.1. The summed E-state index contributed by atoms with van der Waals surface area (Å²) < 4.78 is 28.0. The minimum atomic E-state index is -3.99. The third-order valence-electron chi connectivity index (χ3n) is 5.11. The second-order valence-electron chi connectivity index (χ2n) is 7.18. The summed E-state index contributed by atoms with van der Waals surface area (Å²) >= 11 is 5.94. The van der Waals surface area contributed by atoms with Crippen LogP contribution in [-0.2, 0) is 21.4 Å². The van der Waals surface area contributed by atoms with E-state index in [1.165, 1.54) is 0 Å². The van der Waals surface area contributed by atoms with Crippen LogP contribution in [0.1, 0.15) is 12.1 Å². The number of halogens is 1. The van der Waals surface area contributed by atoms with Crippen LogP contribution in [0.4, 0.5) is 0 Å². The normalized spacial score (nSPS) is 17.4. The lowest BCUT2D eigenvalue weighted by Gasteiger charge is -2.16. The van der Waals surface area contributed by atoms with Crippen LogP contribution < -0.4 is 4.72 Å². The van der Waals surface area contributed by atoms with Crippen LogP contribution in [0, 0.1) is 0 Å². The van der Waals surface area contributed by atoms with E-state index in [0.29, 0.717) is 35.6 Å². The van der Waals surface area contributed by atoms with Gasteiger partial charge >= 0.3 is 0 Å². The highest BCUT2D eigenvalue weighted by Gasteiger charge is 2.36. The van der Waals surface area contributed by atoms with Crippen molar-refractivity contribution >= 4 is 49.5 Å². The van der Waals surface area contributed by atoms with Crippen molar-refractivity contribution in [1.82, 2.24) is 29.6 Å². The van der Waals surface area contributed by atoms with Gasteiger partial charge in [0.05, 0.1) is 29.3 Å². The topological polar surface area (TPSA) is 124 Å². The molecule has 11 heteroatoms. The number of amides is 1. The third-order valence-corrected chi connectivity index (χ3v) is 6.64. The molecule has 1 fully saturated rings. The van der Waals surface area contributed by atoms with E-state index in [2.05, 4.69) is 24.7 Å². The molecule has 3 N–H and O–H groups in total. The quantitative estimate of drug-likeness (QED) is 0.435. The molecule has 3 aromatic heterocycles. The molecule has 5 rings (SSSR count). The molecule has 154 valence electrons. The molecule has 30 heavy (non-hydrogen) atoms. The van der Waals surface area contributed by atoms with Crippen LogP contribution >= 0.6 is 11.6 Å². The Bertz CT molecular complexity index is 1350. The van der Waals surface area contributed by atoms with Gasteiger partial charge in [0.2, 0.25) is 11.1 Å². The molecule has 0 saturated carbocycles. The zero-order valence-corrected chi connectivity index (χ0v) is 17.2. The number of nitrogens with zero attached hydrogens (tertiary/aromatic N) is 3. The van der Waals surface area contributed by atoms with Gasteiger partial charge < -0.3 is 14.9 Å². The Balaban J connectivity index is 1.31. The molecule has 4 aromatic rings. The lowest BCUT2D eigenvalue weighted by molar-refractivity contribution is -0.129. The van der Waals surface area contributed by atoms with Crippen LogP contribution in [0.15, 0.2) is 47.9 Å². The van der Waals surface area contributed by atoms with Crippen LogP contribution in [0.3, 0.4) is 0 Å². The third kappa shape index (κ3) is 3.42. The van der Waals surface area contributed by atoms with Crippen molar-refractivity contribution in [2.75, 3.05) is 6.54 Å². The Kier molecular flexibility index (Phi) is 4.49. The van der Waals surface area contributed by atoms with Gasteiger partial charge in [-0.25, -0.2) is 13.4 Å². The number of imidazole rings is 1. The molecule has 1 aromatic carbocycles. The molecule has 1 atom stereocenters. The number of carbonyl (C=O) groups excluding carboxylic acids is 1. The highest BCUT2D eigenvalue weighted by molar-refractivity contribution is 7.89. The summed E-state index contributed by atoms with van der Waals surface area (Å²) in [5, 5.41) is 1.24. The summed E-state index contributed by atoms with van der Waals surface area (Å²) in [6.45, 7) is 0.824. The minimum absolute atomic E-state index is 0.242. The fraction of sp³-hybridized carbons (Fsp3) is 0.211. The Morgan fingerprint density at radius 1 is 1.20 bits per heavy atom. The highest BCUT2D eigenvalue weighted by Crippen LogP contribution is 2.22. The van der Waals surface area contributed by atoms with E-state index in [1.807, 2.05) is 12.1 Å². The number of carbonyl (C=O) groups is 1. The standard InChI is InChI=1S/C19H17ClN6O3S/c20-12-1-2-14-16(8-12)24-19(23-14)30(28,29)25-15-4-6-26(18(15)27)10-13-7-11-3-5-21-9-17(11)22-13/h1-3,5,7-9,15,22,25H,4,6,10H2,(H,23,24)/t15-/m0/s1. The smallest absolute Gasteiger partial charge is 0.275 e.